The monoisotopic (exact) mass is 218 g/mol. The summed E-state index contributed by atoms with van der Waals surface area (Å²) in [5, 5.41) is 17.5. The molecule has 1 rings (SSSR count). The maximum atomic E-state index is 11.4. The normalized spacial score (nSPS) is 9.25. The number of hydrogen-bond acceptors (Lipinski definition) is 3. The number of carbonyl (C=O) groups excluding carboxylic acids is 1. The fraction of sp³-hybridized carbons (Fsp3) is 0.182. The smallest absolute Gasteiger partial charge is 0.394 e. The van der Waals surface area contributed by atoms with Crippen LogP contribution in [0, 0.1) is 11.3 Å². The Morgan fingerprint density at radius 2 is 2.06 bits per heavy atom. The van der Waals surface area contributed by atoms with Crippen LogP contribution in [0.5, 0.6) is 0 Å². The Kier molecular flexibility index (Phi) is 3.62. The van der Waals surface area contributed by atoms with Crippen LogP contribution in [-0.4, -0.2) is 23.5 Å². The lowest BCUT2D eigenvalue weighted by molar-refractivity contribution is -0.148. The number of rotatable bonds is 2. The topological polar surface area (TPSA) is 81.4 Å². The first-order valence-electron chi connectivity index (χ1n) is 4.65. The lowest BCUT2D eigenvalue weighted by Crippen LogP contribution is -2.36. The summed E-state index contributed by atoms with van der Waals surface area (Å²) in [5.74, 6) is -2.57. The SMILES string of the molecule is CCN(C(=O)C(=O)O)c1ccccc1C#N. The minimum absolute atomic E-state index is 0.198. The second-order valence-corrected chi connectivity index (χ2v) is 2.98. The van der Waals surface area contributed by atoms with Crippen molar-refractivity contribution in [2.24, 2.45) is 0 Å². The quantitative estimate of drug-likeness (QED) is 0.750. The van der Waals surface area contributed by atoms with E-state index in [0.29, 0.717) is 5.69 Å². The minimum Gasteiger partial charge on any atom is -0.474 e. The van der Waals surface area contributed by atoms with E-state index in [0.717, 1.165) is 4.90 Å². The van der Waals surface area contributed by atoms with Gasteiger partial charge in [0.2, 0.25) is 0 Å². The maximum Gasteiger partial charge on any atom is 0.394 e. The van der Waals surface area contributed by atoms with Crippen molar-refractivity contribution in [3.05, 3.63) is 29.8 Å². The number of anilines is 1. The fourth-order valence-electron chi connectivity index (χ4n) is 1.34. The maximum absolute atomic E-state index is 11.4. The van der Waals surface area contributed by atoms with Gasteiger partial charge in [-0.25, -0.2) is 4.79 Å². The number of likely N-dealkylation sites (N-methyl/N-ethyl adjacent to an activating group) is 1. The van der Waals surface area contributed by atoms with Crippen LogP contribution < -0.4 is 4.90 Å². The zero-order valence-electron chi connectivity index (χ0n) is 8.67. The molecule has 5 nitrogen and oxygen atoms in total. The number of nitriles is 1. The van der Waals surface area contributed by atoms with Gasteiger partial charge in [-0.2, -0.15) is 5.26 Å². The van der Waals surface area contributed by atoms with Gasteiger partial charge in [-0.1, -0.05) is 12.1 Å². The average molecular weight is 218 g/mol. The molecule has 0 atom stereocenters. The van der Waals surface area contributed by atoms with Gasteiger partial charge in [0.25, 0.3) is 0 Å². The molecule has 0 fully saturated rings. The number of carbonyl (C=O) groups is 2. The molecule has 0 saturated carbocycles. The van der Waals surface area contributed by atoms with Gasteiger partial charge in [0.15, 0.2) is 0 Å². The van der Waals surface area contributed by atoms with Crippen molar-refractivity contribution in [1.29, 1.82) is 5.26 Å². The van der Waals surface area contributed by atoms with E-state index in [1.807, 2.05) is 6.07 Å². The molecule has 0 unspecified atom stereocenters. The number of nitrogens with zero attached hydrogens (tertiary/aromatic N) is 2. The molecule has 0 heterocycles. The van der Waals surface area contributed by atoms with Gasteiger partial charge < -0.3 is 10.0 Å². The summed E-state index contributed by atoms with van der Waals surface area (Å²) in [6.07, 6.45) is 0. The molecule has 1 aromatic carbocycles. The van der Waals surface area contributed by atoms with Gasteiger partial charge in [0.1, 0.15) is 6.07 Å². The molecular weight excluding hydrogens is 208 g/mol. The zero-order valence-corrected chi connectivity index (χ0v) is 8.67. The lowest BCUT2D eigenvalue weighted by Gasteiger charge is -2.19. The molecule has 0 aliphatic carbocycles. The van der Waals surface area contributed by atoms with Crippen LogP contribution in [0.1, 0.15) is 12.5 Å². The van der Waals surface area contributed by atoms with Crippen molar-refractivity contribution < 1.29 is 14.7 Å². The van der Waals surface area contributed by atoms with E-state index in [1.165, 1.54) is 6.07 Å². The summed E-state index contributed by atoms with van der Waals surface area (Å²) in [7, 11) is 0. The summed E-state index contributed by atoms with van der Waals surface area (Å²) in [6, 6.07) is 8.30. The van der Waals surface area contributed by atoms with Gasteiger partial charge in [-0.3, -0.25) is 4.79 Å². The Morgan fingerprint density at radius 3 is 2.56 bits per heavy atom. The van der Waals surface area contributed by atoms with Crippen LogP contribution in [-0.2, 0) is 9.59 Å². The second kappa shape index (κ2) is 4.94. The highest BCUT2D eigenvalue weighted by Crippen LogP contribution is 2.19. The standard InChI is InChI=1S/C11H10N2O3/c1-2-13(10(14)11(15)16)9-6-4-3-5-8(9)7-12/h3-6H,2H2,1H3,(H,15,16). The third-order valence-electron chi connectivity index (χ3n) is 2.06. The predicted octanol–water partition coefficient (Wildman–Crippen LogP) is 0.996. The van der Waals surface area contributed by atoms with Crippen LogP contribution in [0.2, 0.25) is 0 Å². The number of para-hydroxylation sites is 1. The molecule has 16 heavy (non-hydrogen) atoms. The number of carboxylic acid groups (broad SMARTS) is 1. The van der Waals surface area contributed by atoms with Crippen LogP contribution >= 0.6 is 0 Å². The van der Waals surface area contributed by atoms with Gasteiger partial charge in [-0.05, 0) is 19.1 Å². The number of carboxylic acids is 1. The van der Waals surface area contributed by atoms with Crippen molar-refractivity contribution in [2.45, 2.75) is 6.92 Å². The summed E-state index contributed by atoms with van der Waals surface area (Å²) in [5.41, 5.74) is 0.596. The Bertz CT molecular complexity index is 463. The molecule has 0 aliphatic rings. The van der Waals surface area contributed by atoms with E-state index in [2.05, 4.69) is 0 Å². The van der Waals surface area contributed by atoms with E-state index in [4.69, 9.17) is 10.4 Å². The summed E-state index contributed by atoms with van der Waals surface area (Å²) < 4.78 is 0. The van der Waals surface area contributed by atoms with Crippen LogP contribution in [0.15, 0.2) is 24.3 Å². The van der Waals surface area contributed by atoms with Gasteiger partial charge >= 0.3 is 11.9 Å². The number of aliphatic carboxylic acids is 1. The number of amides is 1. The molecule has 1 N–H and O–H groups in total. The molecule has 5 heteroatoms. The van der Waals surface area contributed by atoms with Crippen molar-refractivity contribution in [2.75, 3.05) is 11.4 Å². The van der Waals surface area contributed by atoms with Crippen molar-refractivity contribution in [3.8, 4) is 6.07 Å². The van der Waals surface area contributed by atoms with E-state index in [1.54, 1.807) is 25.1 Å². The van der Waals surface area contributed by atoms with E-state index >= 15 is 0 Å². The molecule has 1 amide bonds. The van der Waals surface area contributed by atoms with Crippen molar-refractivity contribution >= 4 is 17.6 Å². The molecule has 0 aromatic heterocycles. The van der Waals surface area contributed by atoms with E-state index in [-0.39, 0.29) is 12.1 Å². The molecule has 82 valence electrons. The first kappa shape index (κ1) is 11.7. The second-order valence-electron chi connectivity index (χ2n) is 2.98. The largest absolute Gasteiger partial charge is 0.474 e. The Hall–Kier alpha value is -2.35. The molecule has 0 spiro atoms. The summed E-state index contributed by atoms with van der Waals surface area (Å²) in [4.78, 5) is 23.0. The van der Waals surface area contributed by atoms with E-state index in [9.17, 15) is 9.59 Å². The first-order chi connectivity index (χ1) is 7.61. The predicted molar refractivity (Wildman–Crippen MR) is 56.8 cm³/mol. The van der Waals surface area contributed by atoms with Crippen molar-refractivity contribution in [3.63, 3.8) is 0 Å². The van der Waals surface area contributed by atoms with Crippen molar-refractivity contribution in [1.82, 2.24) is 0 Å². The first-order valence-corrected chi connectivity index (χ1v) is 4.65. The van der Waals surface area contributed by atoms with Gasteiger partial charge in [0.05, 0.1) is 11.3 Å². The summed E-state index contributed by atoms with van der Waals surface area (Å²) in [6.45, 7) is 1.85. The van der Waals surface area contributed by atoms with Crippen LogP contribution in [0.25, 0.3) is 0 Å². The zero-order chi connectivity index (χ0) is 12.1. The highest BCUT2D eigenvalue weighted by atomic mass is 16.4. The summed E-state index contributed by atoms with van der Waals surface area (Å²) >= 11 is 0. The molecular formula is C11H10N2O3. The van der Waals surface area contributed by atoms with Gasteiger partial charge in [-0.15, -0.1) is 0 Å². The number of hydrogen-bond donors (Lipinski definition) is 1. The Morgan fingerprint density at radius 1 is 1.44 bits per heavy atom. The van der Waals surface area contributed by atoms with Crippen LogP contribution in [0.3, 0.4) is 0 Å². The molecule has 0 aliphatic heterocycles. The molecule has 0 saturated heterocycles. The molecule has 0 bridgehead atoms. The third-order valence-corrected chi connectivity index (χ3v) is 2.06. The molecule has 0 radical (unpaired) electrons. The third kappa shape index (κ3) is 2.17. The Balaban J connectivity index is 3.19. The number of benzene rings is 1. The molecule has 1 aromatic rings. The van der Waals surface area contributed by atoms with Crippen LogP contribution in [0.4, 0.5) is 5.69 Å². The minimum atomic E-state index is -1.53. The lowest BCUT2D eigenvalue weighted by atomic mass is 10.1. The highest BCUT2D eigenvalue weighted by molar-refractivity contribution is 6.37. The Labute approximate surface area is 92.5 Å². The highest BCUT2D eigenvalue weighted by Gasteiger charge is 2.22. The average Bonchev–Trinajstić information content (AvgIpc) is 2.30. The van der Waals surface area contributed by atoms with E-state index < -0.39 is 11.9 Å². The van der Waals surface area contributed by atoms with Gasteiger partial charge in [0, 0.05) is 6.54 Å². The fourth-order valence-corrected chi connectivity index (χ4v) is 1.34.